The molecule has 0 aromatic heterocycles. The Bertz CT molecular complexity index is 362. The van der Waals surface area contributed by atoms with Crippen molar-refractivity contribution in [3.05, 3.63) is 29.3 Å². The minimum atomic E-state index is 0.0654. The molecule has 0 aliphatic carbocycles. The van der Waals surface area contributed by atoms with Crippen LogP contribution in [-0.4, -0.2) is 25.2 Å². The molecule has 1 aliphatic heterocycles. The maximum absolute atomic E-state index is 11.7. The molecule has 2 radical (unpaired) electrons. The van der Waals surface area contributed by atoms with Gasteiger partial charge < -0.3 is 4.90 Å². The van der Waals surface area contributed by atoms with Crippen molar-refractivity contribution in [2.24, 2.45) is 0 Å². The van der Waals surface area contributed by atoms with E-state index in [2.05, 4.69) is 0 Å². The zero-order valence-electron chi connectivity index (χ0n) is 7.58. The molecule has 1 heterocycles. The van der Waals surface area contributed by atoms with Crippen molar-refractivity contribution in [3.8, 4) is 0 Å². The van der Waals surface area contributed by atoms with E-state index in [-0.39, 0.29) is 5.91 Å². The third-order valence-electron chi connectivity index (χ3n) is 2.43. The van der Waals surface area contributed by atoms with Crippen molar-refractivity contribution < 1.29 is 4.79 Å². The largest absolute Gasteiger partial charge is 0.335 e. The normalized spacial score (nSPS) is 14.8. The van der Waals surface area contributed by atoms with Gasteiger partial charge in [0, 0.05) is 18.7 Å². The molecular formula is C10H10BNO. The van der Waals surface area contributed by atoms with Crippen LogP contribution in [0.15, 0.2) is 18.2 Å². The SMILES string of the molecule is [B]c1cccc2c1C(=O)N(CC)C2. The van der Waals surface area contributed by atoms with E-state index >= 15 is 0 Å². The molecule has 0 atom stereocenters. The van der Waals surface area contributed by atoms with Crippen molar-refractivity contribution in [2.75, 3.05) is 6.54 Å². The van der Waals surface area contributed by atoms with E-state index < -0.39 is 0 Å². The van der Waals surface area contributed by atoms with E-state index in [1.807, 2.05) is 19.1 Å². The molecule has 0 N–H and O–H groups in total. The van der Waals surface area contributed by atoms with Gasteiger partial charge in [0.1, 0.15) is 7.85 Å². The van der Waals surface area contributed by atoms with Crippen LogP contribution >= 0.6 is 0 Å². The first-order valence-electron chi connectivity index (χ1n) is 4.40. The van der Waals surface area contributed by atoms with Crippen LogP contribution in [0.2, 0.25) is 0 Å². The minimum absolute atomic E-state index is 0.0654. The van der Waals surface area contributed by atoms with Gasteiger partial charge in [-0.2, -0.15) is 0 Å². The Morgan fingerprint density at radius 1 is 1.54 bits per heavy atom. The van der Waals surface area contributed by atoms with Crippen LogP contribution in [-0.2, 0) is 6.54 Å². The molecule has 1 amide bonds. The van der Waals surface area contributed by atoms with Crippen molar-refractivity contribution in [1.82, 2.24) is 4.90 Å². The summed E-state index contributed by atoms with van der Waals surface area (Å²) < 4.78 is 0. The second kappa shape index (κ2) is 2.91. The van der Waals surface area contributed by atoms with Crippen molar-refractivity contribution in [1.29, 1.82) is 0 Å². The molecule has 64 valence electrons. The topological polar surface area (TPSA) is 20.3 Å². The summed E-state index contributed by atoms with van der Waals surface area (Å²) in [6, 6.07) is 5.62. The van der Waals surface area contributed by atoms with Gasteiger partial charge in [-0.25, -0.2) is 0 Å². The fourth-order valence-electron chi connectivity index (χ4n) is 1.70. The lowest BCUT2D eigenvalue weighted by atomic mass is 9.89. The Labute approximate surface area is 79.0 Å². The Morgan fingerprint density at radius 2 is 2.31 bits per heavy atom. The number of fused-ring (bicyclic) bond motifs is 1. The number of carbonyl (C=O) groups is 1. The molecular weight excluding hydrogens is 161 g/mol. The molecule has 2 nitrogen and oxygen atoms in total. The van der Waals surface area contributed by atoms with Crippen molar-refractivity contribution in [2.45, 2.75) is 13.5 Å². The lowest BCUT2D eigenvalue weighted by molar-refractivity contribution is 0.0788. The van der Waals surface area contributed by atoms with Crippen LogP contribution in [0.1, 0.15) is 22.8 Å². The molecule has 0 saturated heterocycles. The summed E-state index contributed by atoms with van der Waals surface area (Å²) in [7, 11) is 5.73. The van der Waals surface area contributed by atoms with Crippen LogP contribution in [0.3, 0.4) is 0 Å². The summed E-state index contributed by atoms with van der Waals surface area (Å²) in [6.45, 7) is 3.42. The first kappa shape index (κ1) is 8.36. The van der Waals surface area contributed by atoms with E-state index in [0.29, 0.717) is 17.6 Å². The van der Waals surface area contributed by atoms with E-state index in [4.69, 9.17) is 7.85 Å². The Morgan fingerprint density at radius 3 is 2.92 bits per heavy atom. The second-order valence-electron chi connectivity index (χ2n) is 3.20. The van der Waals surface area contributed by atoms with Gasteiger partial charge in [-0.3, -0.25) is 4.79 Å². The fourth-order valence-corrected chi connectivity index (χ4v) is 1.70. The van der Waals surface area contributed by atoms with E-state index in [9.17, 15) is 4.79 Å². The maximum Gasteiger partial charge on any atom is 0.253 e. The van der Waals surface area contributed by atoms with Crippen LogP contribution < -0.4 is 5.46 Å². The predicted molar refractivity (Wildman–Crippen MR) is 52.2 cm³/mol. The molecule has 0 saturated carbocycles. The van der Waals surface area contributed by atoms with Gasteiger partial charge >= 0.3 is 0 Å². The summed E-state index contributed by atoms with van der Waals surface area (Å²) in [5.41, 5.74) is 2.34. The third-order valence-corrected chi connectivity index (χ3v) is 2.43. The maximum atomic E-state index is 11.7. The zero-order valence-corrected chi connectivity index (χ0v) is 7.58. The summed E-state index contributed by atoms with van der Waals surface area (Å²) >= 11 is 0. The molecule has 0 fully saturated rings. The van der Waals surface area contributed by atoms with Gasteiger partial charge in [0.2, 0.25) is 0 Å². The fraction of sp³-hybridized carbons (Fsp3) is 0.300. The molecule has 2 rings (SSSR count). The van der Waals surface area contributed by atoms with E-state index in [1.54, 1.807) is 11.0 Å². The van der Waals surface area contributed by atoms with Crippen LogP contribution in [0.4, 0.5) is 0 Å². The van der Waals surface area contributed by atoms with Gasteiger partial charge in [-0.1, -0.05) is 23.7 Å². The molecule has 1 aromatic rings. The first-order chi connectivity index (χ1) is 6.24. The van der Waals surface area contributed by atoms with Crippen molar-refractivity contribution >= 4 is 19.2 Å². The number of benzene rings is 1. The number of rotatable bonds is 1. The summed E-state index contributed by atoms with van der Waals surface area (Å²) in [6.07, 6.45) is 0. The smallest absolute Gasteiger partial charge is 0.253 e. The number of nitrogens with zero attached hydrogens (tertiary/aromatic N) is 1. The predicted octanol–water partition coefficient (Wildman–Crippen LogP) is 0.456. The first-order valence-corrected chi connectivity index (χ1v) is 4.40. The van der Waals surface area contributed by atoms with Gasteiger partial charge in [-0.05, 0) is 12.5 Å². The Kier molecular flexibility index (Phi) is 1.87. The van der Waals surface area contributed by atoms with Crippen molar-refractivity contribution in [3.63, 3.8) is 0 Å². The quantitative estimate of drug-likeness (QED) is 0.562. The molecule has 0 unspecified atom stereocenters. The molecule has 1 aliphatic rings. The highest BCUT2D eigenvalue weighted by atomic mass is 16.2. The molecule has 0 spiro atoms. The molecule has 13 heavy (non-hydrogen) atoms. The minimum Gasteiger partial charge on any atom is -0.335 e. The Hall–Kier alpha value is -1.25. The van der Waals surface area contributed by atoms with Gasteiger partial charge in [0.05, 0.1) is 0 Å². The highest BCUT2D eigenvalue weighted by molar-refractivity contribution is 6.37. The van der Waals surface area contributed by atoms with Crippen LogP contribution in [0.5, 0.6) is 0 Å². The lowest BCUT2D eigenvalue weighted by Gasteiger charge is -2.11. The van der Waals surface area contributed by atoms with E-state index in [0.717, 1.165) is 12.1 Å². The zero-order chi connectivity index (χ0) is 9.42. The molecule has 0 bridgehead atoms. The number of hydrogen-bond donors (Lipinski definition) is 0. The van der Waals surface area contributed by atoms with Gasteiger partial charge in [0.25, 0.3) is 5.91 Å². The second-order valence-corrected chi connectivity index (χ2v) is 3.20. The highest BCUT2D eigenvalue weighted by Gasteiger charge is 2.26. The number of amides is 1. The molecule has 1 aromatic carbocycles. The third kappa shape index (κ3) is 1.15. The summed E-state index contributed by atoms with van der Waals surface area (Å²) in [5.74, 6) is 0.0654. The van der Waals surface area contributed by atoms with Gasteiger partial charge in [-0.15, -0.1) is 0 Å². The summed E-state index contributed by atoms with van der Waals surface area (Å²) in [4.78, 5) is 13.5. The van der Waals surface area contributed by atoms with Crippen LogP contribution in [0, 0.1) is 0 Å². The van der Waals surface area contributed by atoms with E-state index in [1.165, 1.54) is 0 Å². The average molecular weight is 171 g/mol. The lowest BCUT2D eigenvalue weighted by Crippen LogP contribution is -2.25. The standard InChI is InChI=1S/C10H10BNO/c1-2-12-6-7-4-3-5-8(11)9(7)10(12)13/h3-5H,2,6H2,1H3. The molecule has 3 heteroatoms. The van der Waals surface area contributed by atoms with Crippen LogP contribution in [0.25, 0.3) is 0 Å². The Balaban J connectivity index is 2.50. The monoisotopic (exact) mass is 171 g/mol. The average Bonchev–Trinajstić information content (AvgIpc) is 2.44. The number of carbonyl (C=O) groups excluding carboxylic acids is 1. The summed E-state index contributed by atoms with van der Waals surface area (Å²) in [5, 5.41) is 0. The van der Waals surface area contributed by atoms with Gasteiger partial charge in [0.15, 0.2) is 0 Å². The highest BCUT2D eigenvalue weighted by Crippen LogP contribution is 2.19. The number of hydrogen-bond acceptors (Lipinski definition) is 1.